The van der Waals surface area contributed by atoms with Crippen LogP contribution in [0.2, 0.25) is 0 Å². The van der Waals surface area contributed by atoms with Gasteiger partial charge in [0.05, 0.1) is 25.3 Å². The van der Waals surface area contributed by atoms with E-state index in [1.807, 2.05) is 24.8 Å². The van der Waals surface area contributed by atoms with E-state index in [2.05, 4.69) is 42.2 Å². The summed E-state index contributed by atoms with van der Waals surface area (Å²) in [4.78, 5) is 21.7. The molecule has 0 bridgehead atoms. The average Bonchev–Trinajstić information content (AvgIpc) is 2.70. The Kier molecular flexibility index (Phi) is 6.45. The molecule has 144 valence electrons. The molecule has 1 aromatic heterocycles. The molecule has 0 N–H and O–H groups in total. The van der Waals surface area contributed by atoms with Crippen LogP contribution in [0.3, 0.4) is 0 Å². The van der Waals surface area contributed by atoms with E-state index in [0.29, 0.717) is 19.6 Å². The van der Waals surface area contributed by atoms with Gasteiger partial charge >= 0.3 is 0 Å². The molecule has 1 saturated heterocycles. The van der Waals surface area contributed by atoms with Gasteiger partial charge in [0.15, 0.2) is 0 Å². The standard InChI is InChI=1S/C22H29N3O2/c1-4-24(5-2)20(26)16-19-15-17(3)21(18-9-7-6-8-10-18)22(23-19)25-11-13-27-14-12-25/h6-10,15H,4-5,11-14,16H2,1-3H3. The van der Waals surface area contributed by atoms with E-state index >= 15 is 0 Å². The molecule has 1 aliphatic heterocycles. The van der Waals surface area contributed by atoms with Gasteiger partial charge in [-0.15, -0.1) is 0 Å². The molecule has 0 atom stereocenters. The first kappa shape index (κ1) is 19.4. The maximum Gasteiger partial charge on any atom is 0.228 e. The van der Waals surface area contributed by atoms with Crippen molar-refractivity contribution in [3.63, 3.8) is 0 Å². The predicted molar refractivity (Wildman–Crippen MR) is 109 cm³/mol. The van der Waals surface area contributed by atoms with E-state index in [1.54, 1.807) is 0 Å². The van der Waals surface area contributed by atoms with Gasteiger partial charge in [-0.2, -0.15) is 0 Å². The molecule has 1 aliphatic rings. The highest BCUT2D eigenvalue weighted by Crippen LogP contribution is 2.33. The summed E-state index contributed by atoms with van der Waals surface area (Å²) in [5.74, 6) is 1.10. The van der Waals surface area contributed by atoms with E-state index < -0.39 is 0 Å². The van der Waals surface area contributed by atoms with Gasteiger partial charge in [0.25, 0.3) is 0 Å². The molecule has 5 heteroatoms. The number of ether oxygens (including phenoxy) is 1. The summed E-state index contributed by atoms with van der Waals surface area (Å²) >= 11 is 0. The fourth-order valence-corrected chi connectivity index (χ4v) is 3.62. The molecule has 5 nitrogen and oxygen atoms in total. The topological polar surface area (TPSA) is 45.7 Å². The van der Waals surface area contributed by atoms with Gasteiger partial charge in [0.1, 0.15) is 5.82 Å². The number of aromatic nitrogens is 1. The second-order valence-electron chi connectivity index (χ2n) is 6.84. The summed E-state index contributed by atoms with van der Waals surface area (Å²) in [6.45, 7) is 10.6. The lowest BCUT2D eigenvalue weighted by atomic mass is 9.99. The van der Waals surface area contributed by atoms with E-state index in [-0.39, 0.29) is 5.91 Å². The van der Waals surface area contributed by atoms with Gasteiger partial charge in [0.2, 0.25) is 5.91 Å². The van der Waals surface area contributed by atoms with Crippen molar-refractivity contribution in [2.75, 3.05) is 44.3 Å². The molecular weight excluding hydrogens is 338 g/mol. The summed E-state index contributed by atoms with van der Waals surface area (Å²) in [6.07, 6.45) is 0.342. The summed E-state index contributed by atoms with van der Waals surface area (Å²) in [6, 6.07) is 12.4. The fourth-order valence-electron chi connectivity index (χ4n) is 3.62. The number of carbonyl (C=O) groups excluding carboxylic acids is 1. The van der Waals surface area contributed by atoms with Crippen LogP contribution in [-0.4, -0.2) is 55.2 Å². The number of rotatable bonds is 6. The maximum atomic E-state index is 12.6. The lowest BCUT2D eigenvalue weighted by Gasteiger charge is -2.31. The van der Waals surface area contributed by atoms with Gasteiger partial charge in [-0.1, -0.05) is 30.3 Å². The molecule has 0 unspecified atom stereocenters. The Labute approximate surface area is 162 Å². The van der Waals surface area contributed by atoms with Crippen molar-refractivity contribution in [2.45, 2.75) is 27.2 Å². The Hall–Kier alpha value is -2.40. The molecule has 0 radical (unpaired) electrons. The molecule has 1 aromatic carbocycles. The van der Waals surface area contributed by atoms with Crippen molar-refractivity contribution in [1.82, 2.24) is 9.88 Å². The van der Waals surface area contributed by atoms with Crippen LogP contribution in [0.25, 0.3) is 11.1 Å². The van der Waals surface area contributed by atoms with Crippen molar-refractivity contribution < 1.29 is 9.53 Å². The number of likely N-dealkylation sites (N-methyl/N-ethyl adjacent to an activating group) is 1. The Bertz CT molecular complexity index is 767. The van der Waals surface area contributed by atoms with E-state index in [4.69, 9.17) is 9.72 Å². The average molecular weight is 367 g/mol. The zero-order chi connectivity index (χ0) is 19.2. The van der Waals surface area contributed by atoms with Crippen molar-refractivity contribution in [1.29, 1.82) is 0 Å². The van der Waals surface area contributed by atoms with E-state index in [1.165, 1.54) is 0 Å². The lowest BCUT2D eigenvalue weighted by Crippen LogP contribution is -2.37. The molecule has 1 amide bonds. The third-order valence-electron chi connectivity index (χ3n) is 5.07. The van der Waals surface area contributed by atoms with Crippen molar-refractivity contribution in [3.05, 3.63) is 47.7 Å². The molecule has 1 fully saturated rings. The molecule has 0 saturated carbocycles. The quantitative estimate of drug-likeness (QED) is 0.786. The number of anilines is 1. The minimum atomic E-state index is 0.132. The lowest BCUT2D eigenvalue weighted by molar-refractivity contribution is -0.130. The third kappa shape index (κ3) is 4.48. The van der Waals surface area contributed by atoms with Crippen LogP contribution in [-0.2, 0) is 16.0 Å². The summed E-state index contributed by atoms with van der Waals surface area (Å²) < 4.78 is 5.52. The first-order valence-electron chi connectivity index (χ1n) is 9.80. The van der Waals surface area contributed by atoms with Crippen LogP contribution in [0.4, 0.5) is 5.82 Å². The molecule has 2 aromatic rings. The van der Waals surface area contributed by atoms with Crippen molar-refractivity contribution in [3.8, 4) is 11.1 Å². The van der Waals surface area contributed by atoms with Crippen molar-refractivity contribution >= 4 is 11.7 Å². The minimum absolute atomic E-state index is 0.132. The second-order valence-corrected chi connectivity index (χ2v) is 6.84. The number of morpholine rings is 1. The molecule has 0 spiro atoms. The number of hydrogen-bond donors (Lipinski definition) is 0. The smallest absolute Gasteiger partial charge is 0.228 e. The Morgan fingerprint density at radius 2 is 1.81 bits per heavy atom. The van der Waals surface area contributed by atoms with Gasteiger partial charge < -0.3 is 14.5 Å². The highest BCUT2D eigenvalue weighted by atomic mass is 16.5. The molecule has 0 aliphatic carbocycles. The summed E-state index contributed by atoms with van der Waals surface area (Å²) in [5.41, 5.74) is 4.30. The number of amides is 1. The summed E-state index contributed by atoms with van der Waals surface area (Å²) in [7, 11) is 0. The third-order valence-corrected chi connectivity index (χ3v) is 5.07. The van der Waals surface area contributed by atoms with Crippen LogP contribution in [0.15, 0.2) is 36.4 Å². The monoisotopic (exact) mass is 367 g/mol. The Morgan fingerprint density at radius 3 is 2.44 bits per heavy atom. The van der Waals surface area contributed by atoms with Crippen LogP contribution in [0.5, 0.6) is 0 Å². The second kappa shape index (κ2) is 9.00. The van der Waals surface area contributed by atoms with Crippen LogP contribution in [0.1, 0.15) is 25.1 Å². The number of aryl methyl sites for hydroxylation is 1. The number of benzene rings is 1. The Morgan fingerprint density at radius 1 is 1.15 bits per heavy atom. The minimum Gasteiger partial charge on any atom is -0.378 e. The van der Waals surface area contributed by atoms with E-state index in [9.17, 15) is 4.79 Å². The molecule has 3 rings (SSSR count). The summed E-state index contributed by atoms with van der Waals surface area (Å²) in [5, 5.41) is 0. The highest BCUT2D eigenvalue weighted by Gasteiger charge is 2.21. The number of hydrogen-bond acceptors (Lipinski definition) is 4. The number of carbonyl (C=O) groups is 1. The molecular formula is C22H29N3O2. The van der Waals surface area contributed by atoms with Gasteiger partial charge in [-0.25, -0.2) is 4.98 Å². The first-order chi connectivity index (χ1) is 13.1. The maximum absolute atomic E-state index is 12.6. The molecule has 2 heterocycles. The SMILES string of the molecule is CCN(CC)C(=O)Cc1cc(C)c(-c2ccccc2)c(N2CCOCC2)n1. The number of pyridine rings is 1. The zero-order valence-corrected chi connectivity index (χ0v) is 16.6. The van der Waals surface area contributed by atoms with Gasteiger partial charge in [-0.05, 0) is 38.0 Å². The van der Waals surface area contributed by atoms with Gasteiger partial charge in [0, 0.05) is 31.7 Å². The van der Waals surface area contributed by atoms with Gasteiger partial charge in [-0.3, -0.25) is 4.79 Å². The van der Waals surface area contributed by atoms with Crippen molar-refractivity contribution in [2.24, 2.45) is 0 Å². The van der Waals surface area contributed by atoms with E-state index in [0.717, 1.165) is 54.4 Å². The highest BCUT2D eigenvalue weighted by molar-refractivity contribution is 5.82. The van der Waals surface area contributed by atoms with Crippen LogP contribution in [0, 0.1) is 6.92 Å². The largest absolute Gasteiger partial charge is 0.378 e. The van der Waals surface area contributed by atoms with Crippen LogP contribution >= 0.6 is 0 Å². The van der Waals surface area contributed by atoms with Crippen LogP contribution < -0.4 is 4.90 Å². The first-order valence-corrected chi connectivity index (χ1v) is 9.80. The molecule has 27 heavy (non-hydrogen) atoms. The predicted octanol–water partition coefficient (Wildman–Crippen LogP) is 3.30. The zero-order valence-electron chi connectivity index (χ0n) is 16.6. The fraction of sp³-hybridized carbons (Fsp3) is 0.455. The number of nitrogens with zero attached hydrogens (tertiary/aromatic N) is 3. The Balaban J connectivity index is 2.00. The normalized spacial score (nSPS) is 14.3.